The van der Waals surface area contributed by atoms with Gasteiger partial charge in [0.2, 0.25) is 5.91 Å². The maximum Gasteiger partial charge on any atom is 0.420 e. The molecule has 2 N–H and O–H groups in total. The number of benzene rings is 2. The van der Waals surface area contributed by atoms with Gasteiger partial charge in [-0.3, -0.25) is 19.9 Å². The fraction of sp³-hybridized carbons (Fsp3) is 0.333. The zero-order chi connectivity index (χ0) is 30.5. The number of anilines is 2. The summed E-state index contributed by atoms with van der Waals surface area (Å²) in [6.07, 6.45) is -4.71. The van der Waals surface area contributed by atoms with Gasteiger partial charge in [0.1, 0.15) is 11.4 Å². The summed E-state index contributed by atoms with van der Waals surface area (Å²) >= 11 is 0. The molecule has 0 unspecified atom stereocenters. The molecule has 1 aromatic heterocycles. The third-order valence-electron chi connectivity index (χ3n) is 5.69. The average Bonchev–Trinajstić information content (AvgIpc) is 2.85. The van der Waals surface area contributed by atoms with E-state index in [0.29, 0.717) is 6.07 Å². The predicted molar refractivity (Wildman–Crippen MR) is 149 cm³/mol. The Labute approximate surface area is 236 Å². The van der Waals surface area contributed by atoms with Crippen LogP contribution in [0.1, 0.15) is 61.3 Å². The fourth-order valence-corrected chi connectivity index (χ4v) is 3.94. The molecule has 3 rings (SSSR count). The first-order chi connectivity index (χ1) is 19.1. The number of rotatable bonds is 8. The average molecular weight is 572 g/mol. The molecule has 8 nitrogen and oxygen atoms in total. The second-order valence-electron chi connectivity index (χ2n) is 10.3. The molecule has 0 saturated carbocycles. The maximum absolute atomic E-state index is 13.8. The highest BCUT2D eigenvalue weighted by Crippen LogP contribution is 2.41. The Morgan fingerprint density at radius 2 is 1.63 bits per heavy atom. The van der Waals surface area contributed by atoms with Gasteiger partial charge in [0.05, 0.1) is 30.0 Å². The molecule has 0 aliphatic carbocycles. The number of carbonyl (C=O) groups excluding carboxylic acids is 3. The molecule has 0 atom stereocenters. The smallest absolute Gasteiger partial charge is 0.420 e. The van der Waals surface area contributed by atoms with Gasteiger partial charge in [-0.05, 0) is 76.4 Å². The van der Waals surface area contributed by atoms with E-state index < -0.39 is 47.3 Å². The Balaban J connectivity index is 1.90. The van der Waals surface area contributed by atoms with Crippen LogP contribution >= 0.6 is 0 Å². The monoisotopic (exact) mass is 571 g/mol. The van der Waals surface area contributed by atoms with Gasteiger partial charge in [-0.2, -0.15) is 13.2 Å². The quantitative estimate of drug-likeness (QED) is 0.216. The van der Waals surface area contributed by atoms with Crippen LogP contribution in [0.3, 0.4) is 0 Å². The number of ether oxygens (including phenoxy) is 2. The highest BCUT2D eigenvalue weighted by atomic mass is 19.4. The van der Waals surface area contributed by atoms with E-state index in [4.69, 9.17) is 9.47 Å². The first kappa shape index (κ1) is 31.1. The standard InChI is InChI=1S/C30H32F3N3O5/c1-7-40-26-14-24(36-28(39)41-29(4,5)6)23(13-22(26)30(31,32)33)35-27(38)15-25(37)20-10-8-9-19(12-20)21-11-18(3)34-16-17(21)2/h8-14,16H,7,15H2,1-6H3,(H,35,38)(H,36,39). The molecule has 11 heteroatoms. The van der Waals surface area contributed by atoms with E-state index in [2.05, 4.69) is 15.6 Å². The van der Waals surface area contributed by atoms with Gasteiger partial charge in [-0.15, -0.1) is 0 Å². The number of pyridine rings is 1. The summed E-state index contributed by atoms with van der Waals surface area (Å²) < 4.78 is 51.8. The fourth-order valence-electron chi connectivity index (χ4n) is 3.94. The number of amides is 2. The van der Waals surface area contributed by atoms with Crippen molar-refractivity contribution in [3.8, 4) is 16.9 Å². The van der Waals surface area contributed by atoms with E-state index >= 15 is 0 Å². The van der Waals surface area contributed by atoms with Crippen LogP contribution in [-0.4, -0.2) is 35.0 Å². The Kier molecular flexibility index (Phi) is 9.42. The Morgan fingerprint density at radius 3 is 2.27 bits per heavy atom. The summed E-state index contributed by atoms with van der Waals surface area (Å²) in [5.74, 6) is -1.96. The Hall–Kier alpha value is -4.41. The minimum atomic E-state index is -4.83. The van der Waals surface area contributed by atoms with Gasteiger partial charge >= 0.3 is 12.3 Å². The molecular weight excluding hydrogens is 539 g/mol. The van der Waals surface area contributed by atoms with Crippen LogP contribution in [0.2, 0.25) is 0 Å². The number of halogens is 3. The van der Waals surface area contributed by atoms with Crippen LogP contribution in [0.4, 0.5) is 29.3 Å². The van der Waals surface area contributed by atoms with Crippen LogP contribution in [-0.2, 0) is 15.7 Å². The van der Waals surface area contributed by atoms with Crippen molar-refractivity contribution in [1.29, 1.82) is 0 Å². The number of alkyl halides is 3. The molecule has 218 valence electrons. The number of ketones is 1. The summed E-state index contributed by atoms with van der Waals surface area (Å²) in [6.45, 7) is 10.0. The lowest BCUT2D eigenvalue weighted by Crippen LogP contribution is -2.28. The third kappa shape index (κ3) is 8.54. The van der Waals surface area contributed by atoms with Crippen molar-refractivity contribution < 1.29 is 37.0 Å². The normalized spacial score (nSPS) is 11.5. The van der Waals surface area contributed by atoms with Crippen LogP contribution in [0.25, 0.3) is 11.1 Å². The number of Topliss-reactive ketones (excluding diaryl/α,β-unsaturated/α-hetero) is 1. The summed E-state index contributed by atoms with van der Waals surface area (Å²) in [6, 6.07) is 10.2. The number of nitrogens with one attached hydrogen (secondary N) is 2. The van der Waals surface area contributed by atoms with Crippen LogP contribution < -0.4 is 15.4 Å². The van der Waals surface area contributed by atoms with Crippen molar-refractivity contribution in [3.63, 3.8) is 0 Å². The number of carbonyl (C=O) groups is 3. The van der Waals surface area contributed by atoms with Crippen molar-refractivity contribution in [2.75, 3.05) is 17.2 Å². The van der Waals surface area contributed by atoms with E-state index in [9.17, 15) is 27.6 Å². The second kappa shape index (κ2) is 12.4. The predicted octanol–water partition coefficient (Wildman–Crippen LogP) is 7.34. The van der Waals surface area contributed by atoms with Crippen molar-refractivity contribution in [1.82, 2.24) is 4.98 Å². The molecule has 2 amide bonds. The van der Waals surface area contributed by atoms with E-state index in [1.165, 1.54) is 6.92 Å². The molecule has 0 aliphatic heterocycles. The van der Waals surface area contributed by atoms with Gasteiger partial charge < -0.3 is 14.8 Å². The van der Waals surface area contributed by atoms with E-state index in [0.717, 1.165) is 28.5 Å². The highest BCUT2D eigenvalue weighted by molar-refractivity contribution is 6.12. The first-order valence-corrected chi connectivity index (χ1v) is 12.8. The number of aromatic nitrogens is 1. The summed E-state index contributed by atoms with van der Waals surface area (Å²) in [5, 5.41) is 4.69. The van der Waals surface area contributed by atoms with Crippen molar-refractivity contribution in [3.05, 3.63) is 71.0 Å². The van der Waals surface area contributed by atoms with Crippen LogP contribution in [0.5, 0.6) is 5.75 Å². The molecule has 3 aromatic rings. The lowest BCUT2D eigenvalue weighted by atomic mass is 9.97. The minimum Gasteiger partial charge on any atom is -0.493 e. The highest BCUT2D eigenvalue weighted by Gasteiger charge is 2.36. The Morgan fingerprint density at radius 1 is 0.951 bits per heavy atom. The van der Waals surface area contributed by atoms with Crippen molar-refractivity contribution in [2.45, 2.75) is 59.7 Å². The molecule has 2 aromatic carbocycles. The second-order valence-corrected chi connectivity index (χ2v) is 10.3. The third-order valence-corrected chi connectivity index (χ3v) is 5.69. The molecule has 41 heavy (non-hydrogen) atoms. The molecule has 1 heterocycles. The van der Waals surface area contributed by atoms with Gasteiger partial charge in [0.25, 0.3) is 0 Å². The molecule has 0 radical (unpaired) electrons. The molecule has 0 bridgehead atoms. The van der Waals surface area contributed by atoms with E-state index in [-0.39, 0.29) is 23.5 Å². The van der Waals surface area contributed by atoms with Gasteiger partial charge in [0, 0.05) is 23.5 Å². The van der Waals surface area contributed by atoms with Gasteiger partial charge in [-0.1, -0.05) is 18.2 Å². The molecule has 0 saturated heterocycles. The minimum absolute atomic E-state index is 0.0766. The molecule has 0 aliphatic rings. The zero-order valence-electron chi connectivity index (χ0n) is 23.7. The number of hydrogen-bond acceptors (Lipinski definition) is 6. The summed E-state index contributed by atoms with van der Waals surface area (Å²) in [7, 11) is 0. The SMILES string of the molecule is CCOc1cc(NC(=O)OC(C)(C)C)c(NC(=O)CC(=O)c2cccc(-c3cc(C)ncc3C)c2)cc1C(F)(F)F. The number of nitrogens with zero attached hydrogens (tertiary/aromatic N) is 1. The Bertz CT molecular complexity index is 1460. The summed E-state index contributed by atoms with van der Waals surface area (Å²) in [4.78, 5) is 42.5. The van der Waals surface area contributed by atoms with E-state index in [1.807, 2.05) is 26.0 Å². The molecular formula is C30H32F3N3O5. The maximum atomic E-state index is 13.8. The topological polar surface area (TPSA) is 107 Å². The zero-order valence-corrected chi connectivity index (χ0v) is 23.7. The first-order valence-electron chi connectivity index (χ1n) is 12.8. The van der Waals surface area contributed by atoms with Crippen molar-refractivity contribution >= 4 is 29.2 Å². The van der Waals surface area contributed by atoms with Gasteiger partial charge in [-0.25, -0.2) is 4.79 Å². The lowest BCUT2D eigenvalue weighted by molar-refractivity contribution is -0.138. The number of hydrogen-bond donors (Lipinski definition) is 2. The lowest BCUT2D eigenvalue weighted by Gasteiger charge is -2.22. The van der Waals surface area contributed by atoms with Gasteiger partial charge in [0.15, 0.2) is 5.78 Å². The molecule has 0 fully saturated rings. The largest absolute Gasteiger partial charge is 0.493 e. The van der Waals surface area contributed by atoms with Crippen LogP contribution in [0, 0.1) is 13.8 Å². The molecule has 0 spiro atoms. The summed E-state index contributed by atoms with van der Waals surface area (Å²) in [5.41, 5.74) is 0.963. The van der Waals surface area contributed by atoms with Crippen molar-refractivity contribution in [2.24, 2.45) is 0 Å². The van der Waals surface area contributed by atoms with Crippen LogP contribution in [0.15, 0.2) is 48.7 Å². The number of aryl methyl sites for hydroxylation is 2. The van der Waals surface area contributed by atoms with E-state index in [1.54, 1.807) is 45.2 Å².